The van der Waals surface area contributed by atoms with Crippen molar-refractivity contribution in [2.45, 2.75) is 86.3 Å². The number of carbonyl (C=O) groups excluding carboxylic acids is 2. The van der Waals surface area contributed by atoms with Gasteiger partial charge in [0, 0.05) is 27.8 Å². The van der Waals surface area contributed by atoms with E-state index in [2.05, 4.69) is 0 Å². The Kier molecular flexibility index (Phi) is 10.1. The van der Waals surface area contributed by atoms with E-state index < -0.39 is 154 Å². The first kappa shape index (κ1) is 41.7. The molecule has 2 aliphatic heterocycles. The zero-order valence-corrected chi connectivity index (χ0v) is 31.7. The normalized spacial score (nSPS) is 33.5. The lowest BCUT2D eigenvalue weighted by atomic mass is 9.65. The highest BCUT2D eigenvalue weighted by molar-refractivity contribution is 6.18. The minimum absolute atomic E-state index is 0.235. The van der Waals surface area contributed by atoms with Crippen LogP contribution in [-0.4, -0.2) is 152 Å². The summed E-state index contributed by atoms with van der Waals surface area (Å²) in [5.74, 6) is -4.78. The number of ketones is 2. The predicted molar refractivity (Wildman–Crippen MR) is 200 cm³/mol. The van der Waals surface area contributed by atoms with E-state index in [1.165, 1.54) is 49.4 Å². The zero-order valence-electron chi connectivity index (χ0n) is 31.7. The smallest absolute Gasteiger partial charge is 0.201 e. The Labute approximate surface area is 339 Å². The first-order valence-corrected chi connectivity index (χ1v) is 18.8. The van der Waals surface area contributed by atoms with Crippen molar-refractivity contribution in [2.75, 3.05) is 13.2 Å². The van der Waals surface area contributed by atoms with Crippen molar-refractivity contribution in [1.29, 1.82) is 0 Å². The van der Waals surface area contributed by atoms with E-state index >= 15 is 0 Å². The molecule has 2 aliphatic carbocycles. The van der Waals surface area contributed by atoms with Gasteiger partial charge in [-0.3, -0.25) is 9.59 Å². The number of aryl methyl sites for hydroxylation is 2. The van der Waals surface area contributed by atoms with Crippen LogP contribution in [0.15, 0.2) is 54.6 Å². The van der Waals surface area contributed by atoms with Crippen LogP contribution in [0.4, 0.5) is 0 Å². The second-order valence-electron chi connectivity index (χ2n) is 15.7. The summed E-state index contributed by atoms with van der Waals surface area (Å²) in [4.78, 5) is 28.4. The molecule has 2 heterocycles. The van der Waals surface area contributed by atoms with E-state index in [4.69, 9.17) is 14.2 Å². The van der Waals surface area contributed by atoms with Crippen LogP contribution in [0.5, 0.6) is 23.0 Å². The minimum atomic E-state index is -2.81. The summed E-state index contributed by atoms with van der Waals surface area (Å²) in [6.45, 7) is 1.25. The molecule has 2 fully saturated rings. The fourth-order valence-electron chi connectivity index (χ4n) is 9.18. The van der Waals surface area contributed by atoms with Gasteiger partial charge in [-0.1, -0.05) is 36.4 Å². The molecule has 2 saturated heterocycles. The van der Waals surface area contributed by atoms with Crippen molar-refractivity contribution in [3.8, 4) is 23.0 Å². The maximum Gasteiger partial charge on any atom is 0.201 e. The van der Waals surface area contributed by atoms with E-state index in [1.807, 2.05) is 0 Å². The van der Waals surface area contributed by atoms with E-state index in [9.17, 15) is 76.0 Å². The number of phenolic OH excluding ortho intramolecular Hbond substituents is 4. The van der Waals surface area contributed by atoms with Gasteiger partial charge in [0.25, 0.3) is 0 Å². The average molecular weight is 835 g/mol. The van der Waals surface area contributed by atoms with Gasteiger partial charge in [0.2, 0.25) is 11.6 Å². The fourth-order valence-corrected chi connectivity index (χ4v) is 9.18. The highest BCUT2D eigenvalue weighted by Crippen LogP contribution is 2.56. The van der Waals surface area contributed by atoms with Crippen LogP contribution >= 0.6 is 0 Å². The second kappa shape index (κ2) is 14.5. The summed E-state index contributed by atoms with van der Waals surface area (Å²) in [5, 5.41) is 146. The molecule has 60 heavy (non-hydrogen) atoms. The van der Waals surface area contributed by atoms with Gasteiger partial charge in [-0.25, -0.2) is 0 Å². The number of fused-ring (bicyclic) bond motifs is 4. The molecular formula is C42H42O18. The molecule has 0 spiro atoms. The Morgan fingerprint density at radius 2 is 1.15 bits per heavy atom. The molecule has 8 rings (SSSR count). The molecule has 318 valence electrons. The molecule has 0 saturated carbocycles. The molecule has 0 bridgehead atoms. The van der Waals surface area contributed by atoms with Crippen LogP contribution in [-0.2, 0) is 25.4 Å². The van der Waals surface area contributed by atoms with Gasteiger partial charge in [-0.15, -0.1) is 0 Å². The highest BCUT2D eigenvalue weighted by Gasteiger charge is 2.60. The second-order valence-corrected chi connectivity index (χ2v) is 15.7. The van der Waals surface area contributed by atoms with Crippen molar-refractivity contribution >= 4 is 11.6 Å². The van der Waals surface area contributed by atoms with Crippen molar-refractivity contribution in [2.24, 2.45) is 0 Å². The maximum atomic E-state index is 14.6. The average Bonchev–Trinajstić information content (AvgIpc) is 3.20. The first-order valence-electron chi connectivity index (χ1n) is 18.8. The molecule has 0 radical (unpaired) electrons. The zero-order chi connectivity index (χ0) is 43.5. The lowest BCUT2D eigenvalue weighted by Gasteiger charge is -2.51. The number of carbonyl (C=O) groups is 2. The largest absolute Gasteiger partial charge is 0.507 e. The summed E-state index contributed by atoms with van der Waals surface area (Å²) in [7, 11) is 0. The lowest BCUT2D eigenvalue weighted by Crippen LogP contribution is -2.67. The maximum absolute atomic E-state index is 14.6. The van der Waals surface area contributed by atoms with Gasteiger partial charge in [0.15, 0.2) is 6.29 Å². The SMILES string of the molecule is Cc1cc(O)c2c(c1)[C@@](O)(c1ccc3c(c1O)C(=O)c1c(O)cc(C)cc1[C@]3(O)[C@@H]1O[C@H](CO)[C@@H](O[C@@H]3O[C@H](CO)[C@@H](O)[C@H](O)[C@H]3O)[C@H](O)[C@H]1O)c1cccc(O)c1C2=O. The summed E-state index contributed by atoms with van der Waals surface area (Å²) in [5.41, 5.74) is -8.73. The molecule has 4 aliphatic rings. The minimum Gasteiger partial charge on any atom is -0.507 e. The summed E-state index contributed by atoms with van der Waals surface area (Å²) in [6, 6.07) is 11.1. The molecule has 4 aromatic rings. The van der Waals surface area contributed by atoms with E-state index in [0.29, 0.717) is 11.1 Å². The molecular weight excluding hydrogens is 792 g/mol. The number of aromatic hydroxyl groups is 4. The van der Waals surface area contributed by atoms with Crippen LogP contribution in [0.3, 0.4) is 0 Å². The standard InChI is InChI=1S/C42H42O18/c1-14-8-19-27(22(46)10-14)32(50)26-16(4-3-5-21(26)45)41(19,56)18-7-6-17-29(30(18)48)33(51)28-20(9-15(2)11-23(28)47)42(17,57)39-36(54)35(53)38(25(13-44)58-39)60-40-37(55)34(52)31(49)24(12-43)59-40/h3-11,24-25,31,34-40,43-49,52-57H,12-13H2,1-2H3/t24-,25-,31-,34+,35-,36-,37-,38-,39-,40+,41+,42+/m1/s1. The predicted octanol–water partition coefficient (Wildman–Crippen LogP) is -1.60. The molecule has 0 aromatic heterocycles. The topological polar surface area (TPSA) is 325 Å². The summed E-state index contributed by atoms with van der Waals surface area (Å²) >= 11 is 0. The van der Waals surface area contributed by atoms with Crippen LogP contribution in [0.2, 0.25) is 0 Å². The highest BCUT2D eigenvalue weighted by atomic mass is 16.7. The fraction of sp³-hybridized carbons (Fsp3) is 0.381. The Morgan fingerprint density at radius 1 is 0.583 bits per heavy atom. The number of rotatable bonds is 6. The molecule has 0 amide bonds. The van der Waals surface area contributed by atoms with Crippen LogP contribution in [0.25, 0.3) is 0 Å². The lowest BCUT2D eigenvalue weighted by molar-refractivity contribution is -0.348. The summed E-state index contributed by atoms with van der Waals surface area (Å²) < 4.78 is 17.2. The van der Waals surface area contributed by atoms with Gasteiger partial charge < -0.3 is 80.6 Å². The van der Waals surface area contributed by atoms with Crippen LogP contribution < -0.4 is 0 Å². The van der Waals surface area contributed by atoms with Gasteiger partial charge in [0.1, 0.15) is 89.1 Å². The van der Waals surface area contributed by atoms with Gasteiger partial charge in [-0.2, -0.15) is 0 Å². The monoisotopic (exact) mass is 834 g/mol. The molecule has 13 N–H and O–H groups in total. The number of hydrogen-bond acceptors (Lipinski definition) is 18. The number of aliphatic hydroxyl groups is 9. The summed E-state index contributed by atoms with van der Waals surface area (Å²) in [6.07, 6.45) is -18.9. The Bertz CT molecular complexity index is 2430. The number of benzene rings is 4. The van der Waals surface area contributed by atoms with Gasteiger partial charge in [0.05, 0.1) is 35.5 Å². The van der Waals surface area contributed by atoms with Crippen LogP contribution in [0, 0.1) is 13.8 Å². The van der Waals surface area contributed by atoms with E-state index in [0.717, 1.165) is 12.1 Å². The molecule has 0 unspecified atom stereocenters. The third kappa shape index (κ3) is 5.73. The molecule has 18 heteroatoms. The number of ether oxygens (including phenoxy) is 3. The number of hydrogen-bond donors (Lipinski definition) is 13. The van der Waals surface area contributed by atoms with Gasteiger partial charge >= 0.3 is 0 Å². The van der Waals surface area contributed by atoms with Gasteiger partial charge in [-0.05, 0) is 43.2 Å². The van der Waals surface area contributed by atoms with Crippen molar-refractivity contribution < 1.29 is 90.2 Å². The molecule has 4 aromatic carbocycles. The van der Waals surface area contributed by atoms with Crippen LogP contribution in [0.1, 0.15) is 70.8 Å². The van der Waals surface area contributed by atoms with E-state index in [1.54, 1.807) is 6.92 Å². The Balaban J connectivity index is 1.30. The first-order chi connectivity index (χ1) is 28.3. The Hall–Kier alpha value is -5.06. The molecule has 12 atom stereocenters. The Morgan fingerprint density at radius 3 is 1.78 bits per heavy atom. The van der Waals surface area contributed by atoms with E-state index in [-0.39, 0.29) is 16.7 Å². The van der Waals surface area contributed by atoms with Crippen molar-refractivity contribution in [3.63, 3.8) is 0 Å². The third-order valence-electron chi connectivity index (χ3n) is 12.1. The molecule has 18 nitrogen and oxygen atoms in total. The third-order valence-corrected chi connectivity index (χ3v) is 12.1. The number of phenols is 4. The van der Waals surface area contributed by atoms with Crippen molar-refractivity contribution in [1.82, 2.24) is 0 Å². The number of aliphatic hydroxyl groups excluding tert-OH is 7. The quantitative estimate of drug-likeness (QED) is 0.104. The van der Waals surface area contributed by atoms with Crippen molar-refractivity contribution in [3.05, 3.63) is 116 Å².